The Morgan fingerprint density at radius 3 is 2.92 bits per heavy atom. The van der Waals surface area contributed by atoms with Crippen LogP contribution in [0.5, 0.6) is 0 Å². The minimum Gasteiger partial charge on any atom is -0.467 e. The molecule has 24 heavy (non-hydrogen) atoms. The first kappa shape index (κ1) is 14.8. The molecule has 0 saturated heterocycles. The van der Waals surface area contributed by atoms with Gasteiger partial charge in [0.05, 0.1) is 12.8 Å². The van der Waals surface area contributed by atoms with Crippen molar-refractivity contribution in [3.05, 3.63) is 65.7 Å². The SMILES string of the molecule is Cc1cc(NCc2ccco2)nc(N2c3ccccc3CC2C)n1. The van der Waals surface area contributed by atoms with Crippen LogP contribution >= 0.6 is 0 Å². The molecule has 0 bridgehead atoms. The first-order chi connectivity index (χ1) is 11.7. The minimum atomic E-state index is 0.349. The molecule has 3 heterocycles. The first-order valence-corrected chi connectivity index (χ1v) is 8.20. The zero-order valence-electron chi connectivity index (χ0n) is 13.9. The van der Waals surface area contributed by atoms with E-state index in [1.165, 1.54) is 11.3 Å². The second-order valence-corrected chi connectivity index (χ2v) is 6.18. The molecule has 0 aliphatic carbocycles. The van der Waals surface area contributed by atoms with Gasteiger partial charge in [0.15, 0.2) is 0 Å². The standard InChI is InChI=1S/C19H20N4O/c1-13-10-18(20-12-16-7-5-9-24-16)22-19(21-13)23-14(2)11-15-6-3-4-8-17(15)23/h3-10,14H,11-12H2,1-2H3,(H,20,21,22). The van der Waals surface area contributed by atoms with E-state index in [-0.39, 0.29) is 0 Å². The summed E-state index contributed by atoms with van der Waals surface area (Å²) in [6.07, 6.45) is 2.69. The van der Waals surface area contributed by atoms with E-state index in [4.69, 9.17) is 9.40 Å². The Balaban J connectivity index is 1.64. The average molecular weight is 320 g/mol. The number of anilines is 3. The van der Waals surface area contributed by atoms with E-state index in [1.54, 1.807) is 6.26 Å². The monoisotopic (exact) mass is 320 g/mol. The lowest BCUT2D eigenvalue weighted by Gasteiger charge is -2.23. The van der Waals surface area contributed by atoms with Crippen molar-refractivity contribution in [1.29, 1.82) is 0 Å². The molecule has 122 valence electrons. The fourth-order valence-electron chi connectivity index (χ4n) is 3.21. The van der Waals surface area contributed by atoms with Crippen LogP contribution in [0.3, 0.4) is 0 Å². The summed E-state index contributed by atoms with van der Waals surface area (Å²) in [5.41, 5.74) is 3.49. The van der Waals surface area contributed by atoms with Crippen LogP contribution in [0.1, 0.15) is 23.9 Å². The Morgan fingerprint density at radius 2 is 2.08 bits per heavy atom. The third kappa shape index (κ3) is 2.73. The zero-order chi connectivity index (χ0) is 16.5. The molecule has 1 aromatic carbocycles. The minimum absolute atomic E-state index is 0.349. The largest absolute Gasteiger partial charge is 0.467 e. The van der Waals surface area contributed by atoms with Crippen LogP contribution < -0.4 is 10.2 Å². The Labute approximate surface area is 141 Å². The smallest absolute Gasteiger partial charge is 0.232 e. The highest BCUT2D eigenvalue weighted by molar-refractivity contribution is 5.67. The molecule has 5 nitrogen and oxygen atoms in total. The molecule has 0 fully saturated rings. The molecule has 1 unspecified atom stereocenters. The van der Waals surface area contributed by atoms with Crippen molar-refractivity contribution in [1.82, 2.24) is 9.97 Å². The molecule has 1 N–H and O–H groups in total. The van der Waals surface area contributed by atoms with Gasteiger partial charge in [-0.1, -0.05) is 18.2 Å². The molecule has 2 aromatic heterocycles. The number of aryl methyl sites for hydroxylation is 1. The fraction of sp³-hybridized carbons (Fsp3) is 0.263. The van der Waals surface area contributed by atoms with Crippen LogP contribution in [0, 0.1) is 6.92 Å². The van der Waals surface area contributed by atoms with Gasteiger partial charge in [0.1, 0.15) is 11.6 Å². The molecule has 3 aromatic rings. The molecule has 1 aliphatic rings. The summed E-state index contributed by atoms with van der Waals surface area (Å²) < 4.78 is 5.36. The van der Waals surface area contributed by atoms with Gasteiger partial charge in [-0.15, -0.1) is 0 Å². The van der Waals surface area contributed by atoms with Gasteiger partial charge in [-0.05, 0) is 44.0 Å². The number of aromatic nitrogens is 2. The Kier molecular flexibility index (Phi) is 3.69. The summed E-state index contributed by atoms with van der Waals surface area (Å²) >= 11 is 0. The molecule has 0 amide bonds. The summed E-state index contributed by atoms with van der Waals surface area (Å²) in [7, 11) is 0. The van der Waals surface area contributed by atoms with Gasteiger partial charge in [-0.25, -0.2) is 4.98 Å². The van der Waals surface area contributed by atoms with Crippen LogP contribution in [0.4, 0.5) is 17.5 Å². The van der Waals surface area contributed by atoms with Gasteiger partial charge in [0, 0.05) is 23.5 Å². The van der Waals surface area contributed by atoms with Crippen LogP contribution in [0.15, 0.2) is 53.1 Å². The number of para-hydroxylation sites is 1. The van der Waals surface area contributed by atoms with Crippen LogP contribution in [-0.4, -0.2) is 16.0 Å². The number of fused-ring (bicyclic) bond motifs is 1. The number of nitrogens with zero attached hydrogens (tertiary/aromatic N) is 3. The third-order valence-corrected chi connectivity index (χ3v) is 4.29. The van der Waals surface area contributed by atoms with Crippen molar-refractivity contribution in [3.8, 4) is 0 Å². The maximum Gasteiger partial charge on any atom is 0.232 e. The second-order valence-electron chi connectivity index (χ2n) is 6.18. The predicted octanol–water partition coefficient (Wildman–Crippen LogP) is 4.07. The summed E-state index contributed by atoms with van der Waals surface area (Å²) in [4.78, 5) is 11.6. The number of hydrogen-bond donors (Lipinski definition) is 1. The van der Waals surface area contributed by atoms with Crippen molar-refractivity contribution in [2.24, 2.45) is 0 Å². The molecule has 1 atom stereocenters. The molecule has 0 saturated carbocycles. The molecular weight excluding hydrogens is 300 g/mol. The highest BCUT2D eigenvalue weighted by Crippen LogP contribution is 2.36. The number of hydrogen-bond acceptors (Lipinski definition) is 5. The summed E-state index contributed by atoms with van der Waals surface area (Å²) in [5, 5.41) is 3.32. The lowest BCUT2D eigenvalue weighted by Crippen LogP contribution is -2.26. The predicted molar refractivity (Wildman–Crippen MR) is 94.6 cm³/mol. The van der Waals surface area contributed by atoms with Crippen LogP contribution in [0.25, 0.3) is 0 Å². The number of nitrogens with one attached hydrogen (secondary N) is 1. The third-order valence-electron chi connectivity index (χ3n) is 4.29. The Hall–Kier alpha value is -2.82. The quantitative estimate of drug-likeness (QED) is 0.785. The first-order valence-electron chi connectivity index (χ1n) is 8.20. The van der Waals surface area contributed by atoms with Crippen molar-refractivity contribution in [2.75, 3.05) is 10.2 Å². The summed E-state index contributed by atoms with van der Waals surface area (Å²) in [6, 6.07) is 14.6. The van der Waals surface area contributed by atoms with Gasteiger partial charge in [-0.3, -0.25) is 0 Å². The molecule has 4 rings (SSSR count). The maximum atomic E-state index is 5.36. The summed E-state index contributed by atoms with van der Waals surface area (Å²) in [6.45, 7) is 4.81. The highest BCUT2D eigenvalue weighted by atomic mass is 16.3. The average Bonchev–Trinajstić information content (AvgIpc) is 3.18. The molecule has 0 spiro atoms. The van der Waals surface area contributed by atoms with Crippen molar-refractivity contribution in [2.45, 2.75) is 32.9 Å². The molecular formula is C19H20N4O. The number of rotatable bonds is 4. The maximum absolute atomic E-state index is 5.36. The lowest BCUT2D eigenvalue weighted by atomic mass is 10.1. The van der Waals surface area contributed by atoms with Crippen LogP contribution in [-0.2, 0) is 13.0 Å². The van der Waals surface area contributed by atoms with Crippen molar-refractivity contribution in [3.63, 3.8) is 0 Å². The van der Waals surface area contributed by atoms with E-state index in [0.717, 1.165) is 29.6 Å². The second kappa shape index (κ2) is 6.00. The van der Waals surface area contributed by atoms with E-state index in [1.807, 2.05) is 25.1 Å². The topological polar surface area (TPSA) is 54.2 Å². The van der Waals surface area contributed by atoms with Gasteiger partial charge >= 0.3 is 0 Å². The number of benzene rings is 1. The van der Waals surface area contributed by atoms with Crippen molar-refractivity contribution >= 4 is 17.5 Å². The summed E-state index contributed by atoms with van der Waals surface area (Å²) in [5.74, 6) is 2.44. The normalized spacial score (nSPS) is 16.2. The lowest BCUT2D eigenvalue weighted by molar-refractivity contribution is 0.518. The fourth-order valence-corrected chi connectivity index (χ4v) is 3.21. The van der Waals surface area contributed by atoms with E-state index in [0.29, 0.717) is 12.6 Å². The van der Waals surface area contributed by atoms with E-state index >= 15 is 0 Å². The van der Waals surface area contributed by atoms with Gasteiger partial charge < -0.3 is 14.6 Å². The van der Waals surface area contributed by atoms with E-state index < -0.39 is 0 Å². The van der Waals surface area contributed by atoms with Crippen molar-refractivity contribution < 1.29 is 4.42 Å². The van der Waals surface area contributed by atoms with Gasteiger partial charge in [-0.2, -0.15) is 4.98 Å². The Morgan fingerprint density at radius 1 is 1.21 bits per heavy atom. The Bertz CT molecular complexity index is 844. The molecule has 5 heteroatoms. The van der Waals surface area contributed by atoms with Crippen LogP contribution in [0.2, 0.25) is 0 Å². The molecule has 1 aliphatic heterocycles. The van der Waals surface area contributed by atoms with E-state index in [9.17, 15) is 0 Å². The zero-order valence-corrected chi connectivity index (χ0v) is 13.9. The van der Waals surface area contributed by atoms with Gasteiger partial charge in [0.25, 0.3) is 0 Å². The van der Waals surface area contributed by atoms with Gasteiger partial charge in [0.2, 0.25) is 5.95 Å². The van der Waals surface area contributed by atoms with E-state index in [2.05, 4.69) is 46.4 Å². The highest BCUT2D eigenvalue weighted by Gasteiger charge is 2.28. The number of furan rings is 1. The molecule has 0 radical (unpaired) electrons.